The van der Waals surface area contributed by atoms with Crippen LogP contribution in [0.25, 0.3) is 0 Å². The lowest BCUT2D eigenvalue weighted by atomic mass is 9.95. The lowest BCUT2D eigenvalue weighted by Gasteiger charge is -2.25. The summed E-state index contributed by atoms with van der Waals surface area (Å²) >= 11 is 0. The summed E-state index contributed by atoms with van der Waals surface area (Å²) in [4.78, 5) is 16.4. The van der Waals surface area contributed by atoms with Crippen molar-refractivity contribution in [3.05, 3.63) is 65.0 Å². The molecule has 2 aromatic rings. The molecule has 21 heavy (non-hydrogen) atoms. The molecule has 4 nitrogen and oxygen atoms in total. The van der Waals surface area contributed by atoms with Gasteiger partial charge in [0.1, 0.15) is 0 Å². The molecule has 1 aromatic heterocycles. The van der Waals surface area contributed by atoms with Crippen molar-refractivity contribution in [2.45, 2.75) is 32.5 Å². The molecular formula is C17H19N3O. The molecule has 1 aliphatic heterocycles. The van der Waals surface area contributed by atoms with Gasteiger partial charge in [0.05, 0.1) is 6.04 Å². The average molecular weight is 281 g/mol. The lowest BCUT2D eigenvalue weighted by molar-refractivity contribution is -0.123. The summed E-state index contributed by atoms with van der Waals surface area (Å²) in [6, 6.07) is 10.1. The fourth-order valence-electron chi connectivity index (χ4n) is 2.65. The molecule has 2 heterocycles. The van der Waals surface area contributed by atoms with Gasteiger partial charge in [0.2, 0.25) is 5.91 Å². The second-order valence-corrected chi connectivity index (χ2v) is 5.43. The van der Waals surface area contributed by atoms with E-state index in [2.05, 4.69) is 27.8 Å². The van der Waals surface area contributed by atoms with E-state index in [9.17, 15) is 4.79 Å². The summed E-state index contributed by atoms with van der Waals surface area (Å²) in [5.74, 6) is 0.0562. The number of carbonyl (C=O) groups is 1. The highest BCUT2D eigenvalue weighted by atomic mass is 16.2. The zero-order valence-corrected chi connectivity index (χ0v) is 12.1. The predicted octanol–water partition coefficient (Wildman–Crippen LogP) is 1.72. The van der Waals surface area contributed by atoms with Gasteiger partial charge in [-0.3, -0.25) is 9.78 Å². The van der Waals surface area contributed by atoms with E-state index in [0.29, 0.717) is 6.54 Å². The number of pyridine rings is 1. The van der Waals surface area contributed by atoms with Gasteiger partial charge in [-0.15, -0.1) is 0 Å². The summed E-state index contributed by atoms with van der Waals surface area (Å²) in [6.07, 6.45) is 4.32. The Kier molecular flexibility index (Phi) is 3.97. The molecule has 2 N–H and O–H groups in total. The van der Waals surface area contributed by atoms with E-state index >= 15 is 0 Å². The number of hydrogen-bond donors (Lipinski definition) is 2. The molecule has 4 heteroatoms. The van der Waals surface area contributed by atoms with Gasteiger partial charge < -0.3 is 10.6 Å². The third-order valence-electron chi connectivity index (χ3n) is 3.99. The van der Waals surface area contributed by atoms with E-state index in [1.165, 1.54) is 11.1 Å². The van der Waals surface area contributed by atoms with Gasteiger partial charge >= 0.3 is 0 Å². The first-order chi connectivity index (χ1) is 10.2. The second kappa shape index (κ2) is 6.06. The number of nitrogens with zero attached hydrogens (tertiary/aromatic N) is 1. The maximum absolute atomic E-state index is 12.3. The van der Waals surface area contributed by atoms with Crippen molar-refractivity contribution in [2.24, 2.45) is 0 Å². The number of amides is 1. The summed E-state index contributed by atoms with van der Waals surface area (Å²) < 4.78 is 0. The third kappa shape index (κ3) is 3.11. The number of hydrogen-bond acceptors (Lipinski definition) is 3. The Morgan fingerprint density at radius 3 is 2.95 bits per heavy atom. The molecule has 1 amide bonds. The lowest BCUT2D eigenvalue weighted by Crippen LogP contribution is -2.47. The highest BCUT2D eigenvalue weighted by molar-refractivity contribution is 5.82. The molecule has 3 rings (SSSR count). The average Bonchev–Trinajstić information content (AvgIpc) is 2.53. The summed E-state index contributed by atoms with van der Waals surface area (Å²) in [5.41, 5.74) is 4.75. The fraction of sp³-hybridized carbons (Fsp3) is 0.294. The number of aromatic nitrogens is 1. The van der Waals surface area contributed by atoms with Crippen LogP contribution in [0.15, 0.2) is 42.7 Å². The number of aryl methyl sites for hydroxylation is 1. The standard InChI is InChI=1S/C17H19N3O/c1-12-9-18-7-6-14(12)10-20-17(21)16-8-13-4-2-3-5-15(13)11-19-16/h2-7,9,16,19H,8,10-11H2,1H3,(H,20,21)/t16-/m0/s1. The molecule has 0 radical (unpaired) electrons. The normalized spacial score (nSPS) is 17.1. The van der Waals surface area contributed by atoms with Gasteiger partial charge in [0.15, 0.2) is 0 Å². The van der Waals surface area contributed by atoms with Crippen molar-refractivity contribution < 1.29 is 4.79 Å². The monoisotopic (exact) mass is 281 g/mol. The Labute approximate surface area is 124 Å². The van der Waals surface area contributed by atoms with Crippen LogP contribution in [0, 0.1) is 6.92 Å². The Hall–Kier alpha value is -2.20. The molecule has 1 atom stereocenters. The van der Waals surface area contributed by atoms with Crippen LogP contribution >= 0.6 is 0 Å². The number of benzene rings is 1. The van der Waals surface area contributed by atoms with Crippen molar-refractivity contribution in [3.63, 3.8) is 0 Å². The Bertz CT molecular complexity index is 654. The molecule has 0 saturated heterocycles. The van der Waals surface area contributed by atoms with E-state index in [1.54, 1.807) is 6.20 Å². The van der Waals surface area contributed by atoms with E-state index in [0.717, 1.165) is 24.1 Å². The first-order valence-corrected chi connectivity index (χ1v) is 7.21. The van der Waals surface area contributed by atoms with Crippen LogP contribution in [0.4, 0.5) is 0 Å². The van der Waals surface area contributed by atoms with Gasteiger partial charge in [-0.2, -0.15) is 0 Å². The van der Waals surface area contributed by atoms with Gasteiger partial charge in [-0.05, 0) is 41.7 Å². The summed E-state index contributed by atoms with van der Waals surface area (Å²) in [7, 11) is 0. The van der Waals surface area contributed by atoms with Crippen molar-refractivity contribution >= 4 is 5.91 Å². The molecule has 0 bridgehead atoms. The van der Waals surface area contributed by atoms with Crippen molar-refractivity contribution in [1.82, 2.24) is 15.6 Å². The van der Waals surface area contributed by atoms with Gasteiger partial charge in [-0.25, -0.2) is 0 Å². The Balaban J connectivity index is 1.61. The van der Waals surface area contributed by atoms with E-state index in [-0.39, 0.29) is 11.9 Å². The zero-order chi connectivity index (χ0) is 14.7. The van der Waals surface area contributed by atoms with Crippen molar-refractivity contribution in [3.8, 4) is 0 Å². The molecular weight excluding hydrogens is 262 g/mol. The Morgan fingerprint density at radius 2 is 2.14 bits per heavy atom. The smallest absolute Gasteiger partial charge is 0.237 e. The highest BCUT2D eigenvalue weighted by Crippen LogP contribution is 2.16. The number of carbonyl (C=O) groups excluding carboxylic acids is 1. The third-order valence-corrected chi connectivity index (χ3v) is 3.99. The fourth-order valence-corrected chi connectivity index (χ4v) is 2.65. The largest absolute Gasteiger partial charge is 0.351 e. The van der Waals surface area contributed by atoms with Crippen LogP contribution in [0.2, 0.25) is 0 Å². The van der Waals surface area contributed by atoms with Crippen LogP contribution < -0.4 is 10.6 Å². The van der Waals surface area contributed by atoms with E-state index in [4.69, 9.17) is 0 Å². The molecule has 1 aliphatic rings. The van der Waals surface area contributed by atoms with Crippen LogP contribution in [0.5, 0.6) is 0 Å². The molecule has 0 unspecified atom stereocenters. The molecule has 108 valence electrons. The van der Waals surface area contributed by atoms with Crippen LogP contribution in [-0.4, -0.2) is 16.9 Å². The number of nitrogens with one attached hydrogen (secondary N) is 2. The molecule has 0 fully saturated rings. The van der Waals surface area contributed by atoms with Crippen molar-refractivity contribution in [2.75, 3.05) is 0 Å². The van der Waals surface area contributed by atoms with Crippen LogP contribution in [0.3, 0.4) is 0 Å². The Morgan fingerprint density at radius 1 is 1.33 bits per heavy atom. The van der Waals surface area contributed by atoms with Gasteiger partial charge in [-0.1, -0.05) is 24.3 Å². The maximum atomic E-state index is 12.3. The summed E-state index contributed by atoms with van der Waals surface area (Å²) in [6.45, 7) is 3.30. The van der Waals surface area contributed by atoms with Crippen LogP contribution in [0.1, 0.15) is 22.3 Å². The zero-order valence-electron chi connectivity index (χ0n) is 12.1. The first-order valence-electron chi connectivity index (χ1n) is 7.21. The molecule has 0 saturated carbocycles. The first kappa shape index (κ1) is 13.8. The minimum Gasteiger partial charge on any atom is -0.351 e. The SMILES string of the molecule is Cc1cnccc1CNC(=O)[C@@H]1Cc2ccccc2CN1. The van der Waals surface area contributed by atoms with Gasteiger partial charge in [0.25, 0.3) is 0 Å². The van der Waals surface area contributed by atoms with Crippen LogP contribution in [-0.2, 0) is 24.3 Å². The highest BCUT2D eigenvalue weighted by Gasteiger charge is 2.23. The second-order valence-electron chi connectivity index (χ2n) is 5.43. The predicted molar refractivity (Wildman–Crippen MR) is 81.6 cm³/mol. The maximum Gasteiger partial charge on any atom is 0.237 e. The summed E-state index contributed by atoms with van der Waals surface area (Å²) in [5, 5.41) is 6.31. The molecule has 0 spiro atoms. The van der Waals surface area contributed by atoms with E-state index in [1.807, 2.05) is 31.3 Å². The quantitative estimate of drug-likeness (QED) is 0.900. The minimum atomic E-state index is -0.151. The molecule has 1 aromatic carbocycles. The minimum absolute atomic E-state index is 0.0562. The van der Waals surface area contributed by atoms with Gasteiger partial charge in [0, 0.05) is 25.5 Å². The van der Waals surface area contributed by atoms with Crippen molar-refractivity contribution in [1.29, 1.82) is 0 Å². The molecule has 0 aliphatic carbocycles. The number of fused-ring (bicyclic) bond motifs is 1. The van der Waals surface area contributed by atoms with E-state index < -0.39 is 0 Å². The topological polar surface area (TPSA) is 54.0 Å². The number of rotatable bonds is 3.